The first-order valence-electron chi connectivity index (χ1n) is 14.2. The Bertz CT molecular complexity index is 1140. The SMILES string of the molecule is N#CN1CCC(C(N)=O)C(C2C(c3ccccc3)=C(C(F)(F)F)C=CN2N2CCCC(CN3CCNCC3)C2)C1. The molecular formula is C29H38F3N7O. The molecule has 0 spiro atoms. The monoisotopic (exact) mass is 557 g/mol. The van der Waals surface area contributed by atoms with Crippen molar-refractivity contribution in [3.63, 3.8) is 0 Å². The van der Waals surface area contributed by atoms with E-state index in [9.17, 15) is 23.2 Å². The molecule has 11 heteroatoms. The van der Waals surface area contributed by atoms with Gasteiger partial charge in [-0.3, -0.25) is 4.79 Å². The molecule has 4 unspecified atom stereocenters. The fourth-order valence-electron chi connectivity index (χ4n) is 6.90. The predicted molar refractivity (Wildman–Crippen MR) is 146 cm³/mol. The van der Waals surface area contributed by atoms with E-state index in [1.807, 2.05) is 5.01 Å². The van der Waals surface area contributed by atoms with Gasteiger partial charge in [0.1, 0.15) is 0 Å². The molecule has 8 nitrogen and oxygen atoms in total. The molecule has 5 rings (SSSR count). The van der Waals surface area contributed by atoms with Crippen LogP contribution in [0.25, 0.3) is 5.57 Å². The molecule has 0 aromatic heterocycles. The van der Waals surface area contributed by atoms with Crippen LogP contribution in [0, 0.1) is 29.2 Å². The molecule has 0 bridgehead atoms. The summed E-state index contributed by atoms with van der Waals surface area (Å²) in [5.41, 5.74) is 5.74. The zero-order chi connectivity index (χ0) is 28.3. The molecule has 4 heterocycles. The summed E-state index contributed by atoms with van der Waals surface area (Å²) in [6, 6.07) is 7.81. The molecule has 216 valence electrons. The van der Waals surface area contributed by atoms with Gasteiger partial charge in [0.25, 0.3) is 0 Å². The number of halogens is 3. The molecule has 4 aliphatic rings. The number of likely N-dealkylation sites (tertiary alicyclic amines) is 1. The quantitative estimate of drug-likeness (QED) is 0.520. The molecule has 0 aliphatic carbocycles. The number of nitrogens with zero attached hydrogens (tertiary/aromatic N) is 5. The Hall–Kier alpha value is -3.07. The second kappa shape index (κ2) is 12.2. The average Bonchev–Trinajstić information content (AvgIpc) is 2.96. The Morgan fingerprint density at radius 3 is 2.50 bits per heavy atom. The van der Waals surface area contributed by atoms with Crippen LogP contribution >= 0.6 is 0 Å². The molecule has 3 saturated heterocycles. The van der Waals surface area contributed by atoms with Crippen LogP contribution in [0.4, 0.5) is 13.2 Å². The summed E-state index contributed by atoms with van der Waals surface area (Å²) in [5, 5.41) is 17.2. The van der Waals surface area contributed by atoms with Crippen LogP contribution in [-0.2, 0) is 4.79 Å². The van der Waals surface area contributed by atoms with E-state index in [0.29, 0.717) is 37.5 Å². The first-order chi connectivity index (χ1) is 19.3. The predicted octanol–water partition coefficient (Wildman–Crippen LogP) is 2.64. The van der Waals surface area contributed by atoms with Gasteiger partial charge >= 0.3 is 6.18 Å². The third-order valence-corrected chi connectivity index (χ3v) is 8.78. The standard InChI is InChI=1S/C29H38F3N7O/c30-29(31,32)25-9-14-39(38-12-4-5-21(18-38)17-36-15-10-35-11-16-36)27(26(25)22-6-2-1-3-7-22)24-19-37(20-33)13-8-23(24)28(34)40/h1-3,6-7,9,14,21,23-24,27,35H,4-5,8,10-13,15-19H2,(H2,34,40). The minimum atomic E-state index is -4.59. The molecular weight excluding hydrogens is 519 g/mol. The second-order valence-electron chi connectivity index (χ2n) is 11.3. The maximum Gasteiger partial charge on any atom is 0.416 e. The fourth-order valence-corrected chi connectivity index (χ4v) is 6.90. The molecule has 1 amide bonds. The van der Waals surface area contributed by atoms with Gasteiger partial charge in [0.05, 0.1) is 11.6 Å². The van der Waals surface area contributed by atoms with Crippen LogP contribution in [0.1, 0.15) is 24.8 Å². The first kappa shape index (κ1) is 28.5. The number of benzene rings is 1. The van der Waals surface area contributed by atoms with E-state index in [-0.39, 0.29) is 12.1 Å². The van der Waals surface area contributed by atoms with Crippen molar-refractivity contribution in [3.05, 3.63) is 53.7 Å². The van der Waals surface area contributed by atoms with Crippen molar-refractivity contribution in [2.24, 2.45) is 23.5 Å². The van der Waals surface area contributed by atoms with Crippen LogP contribution in [0.5, 0.6) is 0 Å². The number of hydrogen-bond acceptors (Lipinski definition) is 7. The van der Waals surface area contributed by atoms with E-state index in [1.165, 1.54) is 12.3 Å². The van der Waals surface area contributed by atoms with Crippen LogP contribution < -0.4 is 11.1 Å². The summed E-state index contributed by atoms with van der Waals surface area (Å²) < 4.78 is 43.8. The molecule has 1 aromatic carbocycles. The normalized spacial score (nSPS) is 28.9. The Kier molecular flexibility index (Phi) is 8.68. The Labute approximate surface area is 233 Å². The molecule has 4 atom stereocenters. The van der Waals surface area contributed by atoms with Gasteiger partial charge in [-0.1, -0.05) is 30.3 Å². The van der Waals surface area contributed by atoms with Gasteiger partial charge in [-0.15, -0.1) is 0 Å². The number of carbonyl (C=O) groups excluding carboxylic acids is 1. The maximum absolute atomic E-state index is 14.6. The summed E-state index contributed by atoms with van der Waals surface area (Å²) in [4.78, 5) is 16.7. The largest absolute Gasteiger partial charge is 0.416 e. The average molecular weight is 558 g/mol. The minimum Gasteiger partial charge on any atom is -0.369 e. The van der Waals surface area contributed by atoms with E-state index in [4.69, 9.17) is 5.73 Å². The highest BCUT2D eigenvalue weighted by Crippen LogP contribution is 2.45. The lowest BCUT2D eigenvalue weighted by molar-refractivity contribution is -0.128. The Morgan fingerprint density at radius 2 is 1.82 bits per heavy atom. The van der Waals surface area contributed by atoms with E-state index >= 15 is 0 Å². The molecule has 3 fully saturated rings. The van der Waals surface area contributed by atoms with Gasteiger partial charge in [0.2, 0.25) is 5.91 Å². The number of nitriles is 1. The number of nitrogens with one attached hydrogen (secondary N) is 1. The topological polar surface area (TPSA) is 91.9 Å². The summed E-state index contributed by atoms with van der Waals surface area (Å²) in [5.74, 6) is -1.41. The van der Waals surface area contributed by atoms with Gasteiger partial charge in [-0.2, -0.15) is 18.4 Å². The summed E-state index contributed by atoms with van der Waals surface area (Å²) in [6.45, 7) is 6.80. The van der Waals surface area contributed by atoms with Crippen molar-refractivity contribution in [2.45, 2.75) is 31.5 Å². The number of piperazine rings is 1. The molecule has 0 radical (unpaired) electrons. The van der Waals surface area contributed by atoms with Crippen molar-refractivity contribution in [2.75, 3.05) is 58.9 Å². The number of piperidine rings is 2. The highest BCUT2D eigenvalue weighted by molar-refractivity contribution is 5.81. The van der Waals surface area contributed by atoms with Crippen LogP contribution in [0.2, 0.25) is 0 Å². The zero-order valence-corrected chi connectivity index (χ0v) is 22.7. The van der Waals surface area contributed by atoms with Gasteiger partial charge < -0.3 is 25.9 Å². The van der Waals surface area contributed by atoms with Gasteiger partial charge in [-0.05, 0) is 42.4 Å². The molecule has 40 heavy (non-hydrogen) atoms. The minimum absolute atomic E-state index is 0.135. The number of amides is 1. The third kappa shape index (κ3) is 6.14. The lowest BCUT2D eigenvalue weighted by Crippen LogP contribution is -2.59. The number of alkyl halides is 3. The molecule has 4 aliphatic heterocycles. The number of primary amides is 1. The second-order valence-corrected chi connectivity index (χ2v) is 11.3. The lowest BCUT2D eigenvalue weighted by Gasteiger charge is -2.51. The first-order valence-corrected chi connectivity index (χ1v) is 14.2. The number of nitrogens with two attached hydrogens (primary N) is 1. The molecule has 3 N–H and O–H groups in total. The van der Waals surface area contributed by atoms with Crippen LogP contribution in [0.15, 0.2) is 48.2 Å². The third-order valence-electron chi connectivity index (χ3n) is 8.78. The molecule has 0 saturated carbocycles. The van der Waals surface area contributed by atoms with Crippen molar-refractivity contribution < 1.29 is 18.0 Å². The van der Waals surface area contributed by atoms with Gasteiger partial charge in [0.15, 0.2) is 6.19 Å². The fraction of sp³-hybridized carbons (Fsp3) is 0.586. The maximum atomic E-state index is 14.6. The van der Waals surface area contributed by atoms with Gasteiger partial charge in [-0.25, -0.2) is 5.01 Å². The smallest absolute Gasteiger partial charge is 0.369 e. The zero-order valence-electron chi connectivity index (χ0n) is 22.7. The summed E-state index contributed by atoms with van der Waals surface area (Å²) >= 11 is 0. The Balaban J connectivity index is 1.55. The van der Waals surface area contributed by atoms with Crippen molar-refractivity contribution >= 4 is 11.5 Å². The number of hydrazine groups is 1. The number of carbonyl (C=O) groups is 1. The highest BCUT2D eigenvalue weighted by Gasteiger charge is 2.48. The van der Waals surface area contributed by atoms with Gasteiger partial charge in [0, 0.05) is 76.9 Å². The van der Waals surface area contributed by atoms with Crippen molar-refractivity contribution in [1.29, 1.82) is 5.26 Å². The van der Waals surface area contributed by atoms with Crippen LogP contribution in [0.3, 0.4) is 0 Å². The van der Waals surface area contributed by atoms with Crippen molar-refractivity contribution in [3.8, 4) is 6.19 Å². The van der Waals surface area contributed by atoms with E-state index in [1.54, 1.807) is 35.2 Å². The van der Waals surface area contributed by atoms with Crippen LogP contribution in [-0.4, -0.2) is 96.8 Å². The lowest BCUT2D eigenvalue weighted by atomic mass is 9.74. The number of allylic oxidation sites excluding steroid dienone is 2. The summed E-state index contributed by atoms with van der Waals surface area (Å²) in [7, 11) is 0. The van der Waals surface area contributed by atoms with E-state index < -0.39 is 35.5 Å². The highest BCUT2D eigenvalue weighted by atomic mass is 19.4. The Morgan fingerprint density at radius 1 is 1.07 bits per heavy atom. The number of hydrogen-bond donors (Lipinski definition) is 2. The molecule has 1 aromatic rings. The number of rotatable bonds is 6. The van der Waals surface area contributed by atoms with E-state index in [2.05, 4.69) is 21.4 Å². The van der Waals surface area contributed by atoms with Crippen molar-refractivity contribution in [1.82, 2.24) is 25.1 Å². The summed E-state index contributed by atoms with van der Waals surface area (Å²) in [6.07, 6.45) is 2.59. The van der Waals surface area contributed by atoms with E-state index in [0.717, 1.165) is 45.6 Å².